The molecule has 1 aliphatic rings. The van der Waals surface area contributed by atoms with Gasteiger partial charge in [0.05, 0.1) is 37.0 Å². The van der Waals surface area contributed by atoms with Gasteiger partial charge in [-0.3, -0.25) is 9.69 Å². The summed E-state index contributed by atoms with van der Waals surface area (Å²) in [6, 6.07) is 11.8. The molecule has 9 nitrogen and oxygen atoms in total. The highest BCUT2D eigenvalue weighted by atomic mass is 32.2. The van der Waals surface area contributed by atoms with Gasteiger partial charge in [0.2, 0.25) is 0 Å². The second kappa shape index (κ2) is 11.4. The minimum absolute atomic E-state index is 0.197. The van der Waals surface area contributed by atoms with E-state index in [4.69, 9.17) is 14.2 Å². The third-order valence-electron chi connectivity index (χ3n) is 4.67. The maximum absolute atomic E-state index is 12.7. The van der Waals surface area contributed by atoms with Gasteiger partial charge >= 0.3 is 11.9 Å². The number of nitrogens with zero attached hydrogens (tertiary/aromatic N) is 2. The average molecular weight is 485 g/mol. The second-order valence-corrected chi connectivity index (χ2v) is 7.92. The summed E-state index contributed by atoms with van der Waals surface area (Å²) in [5.41, 5.74) is 1.75. The summed E-state index contributed by atoms with van der Waals surface area (Å²) in [4.78, 5) is 42.3. The van der Waals surface area contributed by atoms with Crippen molar-refractivity contribution in [2.24, 2.45) is 4.99 Å². The zero-order valence-corrected chi connectivity index (χ0v) is 20.0. The molecule has 2 aromatic carbocycles. The van der Waals surface area contributed by atoms with E-state index in [1.54, 1.807) is 62.5 Å². The van der Waals surface area contributed by atoms with Crippen LogP contribution in [0.25, 0.3) is 6.08 Å². The number of thioether (sulfide) groups is 1. The van der Waals surface area contributed by atoms with Crippen LogP contribution in [0, 0.1) is 0 Å². The molecule has 1 fully saturated rings. The third-order valence-corrected chi connectivity index (χ3v) is 5.73. The molecule has 0 unspecified atom stereocenters. The SMILES string of the molecule is CCOC(=O)c1ccc(N=C2S/C(=C\c3ccc(OCC(=O)OC)c(OC)c3)C(=O)N2C)cc1. The lowest BCUT2D eigenvalue weighted by atomic mass is 10.2. The average Bonchev–Trinajstić information content (AvgIpc) is 3.10. The minimum atomic E-state index is -0.508. The molecule has 0 spiro atoms. The van der Waals surface area contributed by atoms with E-state index < -0.39 is 11.9 Å². The number of hydrogen-bond acceptors (Lipinski definition) is 9. The first kappa shape index (κ1) is 24.8. The summed E-state index contributed by atoms with van der Waals surface area (Å²) in [7, 11) is 4.41. The summed E-state index contributed by atoms with van der Waals surface area (Å²) >= 11 is 1.23. The monoisotopic (exact) mass is 484 g/mol. The second-order valence-electron chi connectivity index (χ2n) is 6.91. The van der Waals surface area contributed by atoms with E-state index in [1.165, 1.54) is 30.9 Å². The Morgan fingerprint density at radius 2 is 1.82 bits per heavy atom. The lowest BCUT2D eigenvalue weighted by Crippen LogP contribution is -2.23. The van der Waals surface area contributed by atoms with Crippen molar-refractivity contribution in [1.82, 2.24) is 4.90 Å². The number of carbonyl (C=O) groups is 3. The number of carbonyl (C=O) groups excluding carboxylic acids is 3. The van der Waals surface area contributed by atoms with Gasteiger partial charge in [-0.2, -0.15) is 0 Å². The molecule has 0 saturated carbocycles. The highest BCUT2D eigenvalue weighted by molar-refractivity contribution is 8.18. The Balaban J connectivity index is 1.77. The first-order valence-electron chi connectivity index (χ1n) is 10.3. The molecule has 3 rings (SSSR count). The Morgan fingerprint density at radius 3 is 2.47 bits per heavy atom. The molecule has 2 aromatic rings. The van der Waals surface area contributed by atoms with Gasteiger partial charge in [-0.1, -0.05) is 6.07 Å². The molecule has 1 heterocycles. The predicted molar refractivity (Wildman–Crippen MR) is 128 cm³/mol. The van der Waals surface area contributed by atoms with Gasteiger partial charge in [0.25, 0.3) is 5.91 Å². The van der Waals surface area contributed by atoms with Crippen LogP contribution < -0.4 is 9.47 Å². The molecular weight excluding hydrogens is 460 g/mol. The van der Waals surface area contributed by atoms with Crippen LogP contribution in [-0.2, 0) is 19.1 Å². The highest BCUT2D eigenvalue weighted by Gasteiger charge is 2.30. The van der Waals surface area contributed by atoms with Crippen LogP contribution in [0.15, 0.2) is 52.4 Å². The Morgan fingerprint density at radius 1 is 1.09 bits per heavy atom. The van der Waals surface area contributed by atoms with E-state index >= 15 is 0 Å². The van der Waals surface area contributed by atoms with Crippen molar-refractivity contribution < 1.29 is 33.3 Å². The summed E-state index contributed by atoms with van der Waals surface area (Å²) in [5.74, 6) is -0.307. The number of hydrogen-bond donors (Lipinski definition) is 0. The number of methoxy groups -OCH3 is 2. The molecule has 34 heavy (non-hydrogen) atoms. The molecule has 0 aromatic heterocycles. The van der Waals surface area contributed by atoms with Crippen molar-refractivity contribution in [3.8, 4) is 11.5 Å². The van der Waals surface area contributed by atoms with E-state index in [0.717, 1.165) is 0 Å². The van der Waals surface area contributed by atoms with E-state index in [2.05, 4.69) is 9.73 Å². The van der Waals surface area contributed by atoms with Gasteiger partial charge in [-0.15, -0.1) is 0 Å². The van der Waals surface area contributed by atoms with Crippen molar-refractivity contribution in [2.75, 3.05) is 34.5 Å². The maximum Gasteiger partial charge on any atom is 0.343 e. The lowest BCUT2D eigenvalue weighted by molar-refractivity contribution is -0.142. The zero-order valence-electron chi connectivity index (χ0n) is 19.2. The van der Waals surface area contributed by atoms with Crippen LogP contribution in [0.1, 0.15) is 22.8 Å². The van der Waals surface area contributed by atoms with Gasteiger partial charge < -0.3 is 18.9 Å². The van der Waals surface area contributed by atoms with Crippen LogP contribution in [-0.4, -0.2) is 62.4 Å². The first-order valence-corrected chi connectivity index (χ1v) is 11.1. The van der Waals surface area contributed by atoms with Crippen LogP contribution in [0.5, 0.6) is 11.5 Å². The first-order chi connectivity index (χ1) is 16.4. The molecule has 1 saturated heterocycles. The number of aliphatic imine (C=N–C) groups is 1. The van der Waals surface area contributed by atoms with Crippen LogP contribution in [0.2, 0.25) is 0 Å². The smallest absolute Gasteiger partial charge is 0.343 e. The number of rotatable bonds is 8. The Kier molecular flexibility index (Phi) is 8.31. The van der Waals surface area contributed by atoms with Crippen molar-refractivity contribution in [3.63, 3.8) is 0 Å². The third kappa shape index (κ3) is 5.96. The zero-order chi connectivity index (χ0) is 24.7. The van der Waals surface area contributed by atoms with Gasteiger partial charge in [0.15, 0.2) is 23.3 Å². The Labute approximate surface area is 201 Å². The normalized spacial score (nSPS) is 15.5. The standard InChI is InChI=1S/C24H24N2O7S/c1-5-32-23(29)16-7-9-17(10-8-16)25-24-26(2)22(28)20(34-24)13-15-6-11-18(19(12-15)30-3)33-14-21(27)31-4/h6-13H,5,14H2,1-4H3/b20-13-,25-24?. The van der Waals surface area contributed by atoms with Crippen molar-refractivity contribution in [2.45, 2.75) is 6.92 Å². The van der Waals surface area contributed by atoms with E-state index in [1.807, 2.05) is 0 Å². The molecular formula is C24H24N2O7S. The van der Waals surface area contributed by atoms with Crippen LogP contribution in [0.3, 0.4) is 0 Å². The van der Waals surface area contributed by atoms with Crippen molar-refractivity contribution >= 4 is 46.5 Å². The lowest BCUT2D eigenvalue weighted by Gasteiger charge is -2.10. The Bertz CT molecular complexity index is 1140. The summed E-state index contributed by atoms with van der Waals surface area (Å²) in [5, 5.41) is 0.505. The predicted octanol–water partition coefficient (Wildman–Crippen LogP) is 3.66. The van der Waals surface area contributed by atoms with E-state index in [0.29, 0.717) is 45.0 Å². The molecule has 0 atom stereocenters. The van der Waals surface area contributed by atoms with Gasteiger partial charge in [0, 0.05) is 7.05 Å². The van der Waals surface area contributed by atoms with Gasteiger partial charge in [-0.05, 0) is 66.7 Å². The van der Waals surface area contributed by atoms with E-state index in [-0.39, 0.29) is 12.5 Å². The molecule has 0 bridgehead atoms. The summed E-state index contributed by atoms with van der Waals surface area (Å²) < 4.78 is 20.3. The minimum Gasteiger partial charge on any atom is -0.493 e. The number of likely N-dealkylation sites (N-methyl/N-ethyl adjacent to an activating group) is 1. The largest absolute Gasteiger partial charge is 0.493 e. The molecule has 0 N–H and O–H groups in total. The fraction of sp³-hybridized carbons (Fsp3) is 0.250. The highest BCUT2D eigenvalue weighted by Crippen LogP contribution is 2.35. The molecule has 10 heteroatoms. The number of benzene rings is 2. The fourth-order valence-electron chi connectivity index (χ4n) is 2.89. The van der Waals surface area contributed by atoms with Crippen molar-refractivity contribution in [3.05, 3.63) is 58.5 Å². The molecule has 178 valence electrons. The number of amides is 1. The van der Waals surface area contributed by atoms with Gasteiger partial charge in [0.1, 0.15) is 0 Å². The number of esters is 2. The topological polar surface area (TPSA) is 104 Å². The Hall–Kier alpha value is -3.79. The van der Waals surface area contributed by atoms with Crippen LogP contribution >= 0.6 is 11.8 Å². The maximum atomic E-state index is 12.7. The molecule has 0 aliphatic carbocycles. The van der Waals surface area contributed by atoms with E-state index in [9.17, 15) is 14.4 Å². The van der Waals surface area contributed by atoms with Crippen molar-refractivity contribution in [1.29, 1.82) is 0 Å². The fourth-order valence-corrected chi connectivity index (χ4v) is 3.88. The summed E-state index contributed by atoms with van der Waals surface area (Å²) in [6.07, 6.45) is 1.72. The molecule has 1 amide bonds. The van der Waals surface area contributed by atoms with Crippen LogP contribution in [0.4, 0.5) is 5.69 Å². The summed E-state index contributed by atoms with van der Waals surface area (Å²) in [6.45, 7) is 1.81. The number of ether oxygens (including phenoxy) is 4. The number of amidine groups is 1. The quantitative estimate of drug-likeness (QED) is 0.413. The molecule has 1 aliphatic heterocycles. The van der Waals surface area contributed by atoms with Gasteiger partial charge in [-0.25, -0.2) is 14.6 Å². The molecule has 0 radical (unpaired) electrons.